The van der Waals surface area contributed by atoms with Crippen LogP contribution >= 0.6 is 24.0 Å². The van der Waals surface area contributed by atoms with Crippen LogP contribution in [0, 0.1) is 0 Å². The summed E-state index contributed by atoms with van der Waals surface area (Å²) in [7, 11) is 0. The van der Waals surface area contributed by atoms with Gasteiger partial charge in [-0.1, -0.05) is 66.4 Å². The Morgan fingerprint density at radius 3 is 2.62 bits per heavy atom. The van der Waals surface area contributed by atoms with Crippen molar-refractivity contribution in [3.05, 3.63) is 65.2 Å². The number of amides is 2. The topological polar surface area (TPSA) is 49.4 Å². The van der Waals surface area contributed by atoms with Gasteiger partial charge in [-0.05, 0) is 35.6 Å². The van der Waals surface area contributed by atoms with Crippen LogP contribution in [-0.4, -0.2) is 21.4 Å². The van der Waals surface area contributed by atoms with Crippen molar-refractivity contribution >= 4 is 45.8 Å². The minimum Gasteiger partial charge on any atom is -0.311 e. The number of rotatable bonds is 4. The van der Waals surface area contributed by atoms with Gasteiger partial charge in [0.2, 0.25) is 11.8 Å². The van der Waals surface area contributed by atoms with Gasteiger partial charge < -0.3 is 10.2 Å². The zero-order valence-corrected chi connectivity index (χ0v) is 15.7. The van der Waals surface area contributed by atoms with Crippen molar-refractivity contribution in [1.29, 1.82) is 0 Å². The van der Waals surface area contributed by atoms with Crippen LogP contribution in [0.15, 0.2) is 48.5 Å². The van der Waals surface area contributed by atoms with Crippen molar-refractivity contribution in [1.82, 2.24) is 5.32 Å². The van der Waals surface area contributed by atoms with Gasteiger partial charge >= 0.3 is 0 Å². The predicted molar refractivity (Wildman–Crippen MR) is 108 cm³/mol. The monoisotopic (exact) mass is 382 g/mol. The van der Waals surface area contributed by atoms with Gasteiger partial charge in [-0.15, -0.1) is 0 Å². The fourth-order valence-electron chi connectivity index (χ4n) is 3.52. The molecule has 2 aliphatic rings. The van der Waals surface area contributed by atoms with E-state index in [4.69, 9.17) is 12.2 Å². The molecule has 1 saturated heterocycles. The van der Waals surface area contributed by atoms with E-state index in [9.17, 15) is 9.59 Å². The van der Waals surface area contributed by atoms with E-state index in [-0.39, 0.29) is 17.1 Å². The summed E-state index contributed by atoms with van der Waals surface area (Å²) >= 11 is 6.51. The lowest BCUT2D eigenvalue weighted by atomic mass is 9.93. The molecule has 4 rings (SSSR count). The molecule has 2 amide bonds. The highest BCUT2D eigenvalue weighted by atomic mass is 32.2. The first-order valence-electron chi connectivity index (χ1n) is 8.58. The Hall–Kier alpha value is -2.18. The van der Waals surface area contributed by atoms with E-state index in [1.165, 1.54) is 17.3 Å². The lowest BCUT2D eigenvalue weighted by molar-refractivity contribution is -0.119. The van der Waals surface area contributed by atoms with E-state index in [0.29, 0.717) is 23.7 Å². The number of thioether (sulfide) groups is 1. The molecule has 1 atom stereocenters. The fourth-order valence-corrected chi connectivity index (χ4v) is 4.82. The Kier molecular flexibility index (Phi) is 4.78. The normalized spacial score (nSPS) is 19.5. The summed E-state index contributed by atoms with van der Waals surface area (Å²) in [5, 5.41) is 2.52. The number of benzene rings is 2. The van der Waals surface area contributed by atoms with E-state index in [1.807, 2.05) is 47.4 Å². The molecule has 0 radical (unpaired) electrons. The SMILES string of the molecule is O=C1NC(=S)SC1Cc1cccc2c1CCC(=O)N2Cc1ccccc1. The number of carbonyl (C=O) groups is 2. The molecule has 26 heavy (non-hydrogen) atoms. The predicted octanol–water partition coefficient (Wildman–Crippen LogP) is 3.23. The highest BCUT2D eigenvalue weighted by molar-refractivity contribution is 8.24. The first-order valence-corrected chi connectivity index (χ1v) is 9.87. The largest absolute Gasteiger partial charge is 0.311 e. The molecule has 6 heteroatoms. The second-order valence-corrected chi connectivity index (χ2v) is 8.35. The molecule has 1 fully saturated rings. The smallest absolute Gasteiger partial charge is 0.239 e. The van der Waals surface area contributed by atoms with Gasteiger partial charge in [-0.3, -0.25) is 9.59 Å². The van der Waals surface area contributed by atoms with E-state index >= 15 is 0 Å². The van der Waals surface area contributed by atoms with Crippen LogP contribution in [0.1, 0.15) is 23.1 Å². The first-order chi connectivity index (χ1) is 12.6. The van der Waals surface area contributed by atoms with Crippen molar-refractivity contribution in [2.24, 2.45) is 0 Å². The maximum Gasteiger partial charge on any atom is 0.239 e. The van der Waals surface area contributed by atoms with Gasteiger partial charge in [0.1, 0.15) is 4.32 Å². The zero-order valence-electron chi connectivity index (χ0n) is 14.1. The van der Waals surface area contributed by atoms with Crippen LogP contribution in [-0.2, 0) is 29.0 Å². The van der Waals surface area contributed by atoms with Crippen molar-refractivity contribution in [2.45, 2.75) is 31.1 Å². The second-order valence-electron chi connectivity index (χ2n) is 6.47. The Labute approximate surface area is 162 Å². The highest BCUT2D eigenvalue weighted by Gasteiger charge is 2.32. The lowest BCUT2D eigenvalue weighted by Gasteiger charge is -2.31. The fraction of sp³-hybridized carbons (Fsp3) is 0.250. The summed E-state index contributed by atoms with van der Waals surface area (Å²) in [6.45, 7) is 0.568. The third kappa shape index (κ3) is 3.39. The average molecular weight is 383 g/mol. The van der Waals surface area contributed by atoms with E-state index in [0.717, 1.165) is 23.2 Å². The molecule has 1 unspecified atom stereocenters. The quantitative estimate of drug-likeness (QED) is 0.825. The third-order valence-electron chi connectivity index (χ3n) is 4.78. The van der Waals surface area contributed by atoms with Crippen LogP contribution in [0.3, 0.4) is 0 Å². The summed E-state index contributed by atoms with van der Waals surface area (Å²) < 4.78 is 0.547. The molecule has 2 aromatic rings. The molecule has 0 spiro atoms. The molecule has 0 aliphatic carbocycles. The van der Waals surface area contributed by atoms with Crippen LogP contribution in [0.4, 0.5) is 5.69 Å². The lowest BCUT2D eigenvalue weighted by Crippen LogP contribution is -2.35. The first kappa shape index (κ1) is 17.2. The van der Waals surface area contributed by atoms with E-state index in [1.54, 1.807) is 0 Å². The van der Waals surface area contributed by atoms with E-state index in [2.05, 4.69) is 11.4 Å². The van der Waals surface area contributed by atoms with Gasteiger partial charge in [-0.2, -0.15) is 0 Å². The molecule has 1 N–H and O–H groups in total. The van der Waals surface area contributed by atoms with Crippen LogP contribution in [0.25, 0.3) is 0 Å². The zero-order chi connectivity index (χ0) is 18.1. The molecular weight excluding hydrogens is 364 g/mol. The maximum atomic E-state index is 12.6. The van der Waals surface area contributed by atoms with Crippen molar-refractivity contribution in [3.8, 4) is 0 Å². The van der Waals surface area contributed by atoms with Crippen molar-refractivity contribution in [2.75, 3.05) is 4.90 Å². The Balaban J connectivity index is 1.63. The minimum absolute atomic E-state index is 0.0226. The summed E-state index contributed by atoms with van der Waals surface area (Å²) in [5.74, 6) is 0.123. The summed E-state index contributed by atoms with van der Waals surface area (Å²) in [6, 6.07) is 16.1. The average Bonchev–Trinajstić information content (AvgIpc) is 2.96. The molecule has 0 aromatic heterocycles. The molecular formula is C20H18N2O2S2. The molecule has 0 saturated carbocycles. The summed E-state index contributed by atoms with van der Waals surface area (Å²) in [5.41, 5.74) is 4.38. The molecule has 0 bridgehead atoms. The number of carbonyl (C=O) groups excluding carboxylic acids is 2. The molecule has 4 nitrogen and oxygen atoms in total. The number of anilines is 1. The number of hydrogen-bond acceptors (Lipinski definition) is 4. The van der Waals surface area contributed by atoms with Gasteiger partial charge in [0.15, 0.2) is 0 Å². The van der Waals surface area contributed by atoms with Crippen LogP contribution in [0.2, 0.25) is 0 Å². The summed E-state index contributed by atoms with van der Waals surface area (Å²) in [4.78, 5) is 26.4. The molecule has 132 valence electrons. The van der Waals surface area contributed by atoms with Crippen molar-refractivity contribution < 1.29 is 9.59 Å². The number of nitrogens with one attached hydrogen (secondary N) is 1. The molecule has 2 aromatic carbocycles. The van der Waals surface area contributed by atoms with Crippen LogP contribution < -0.4 is 10.2 Å². The van der Waals surface area contributed by atoms with E-state index < -0.39 is 0 Å². The number of fused-ring (bicyclic) bond motifs is 1. The number of thiocarbonyl (C=S) groups is 1. The number of nitrogens with zero attached hydrogens (tertiary/aromatic N) is 1. The van der Waals surface area contributed by atoms with Gasteiger partial charge in [0.25, 0.3) is 0 Å². The van der Waals surface area contributed by atoms with Crippen molar-refractivity contribution in [3.63, 3.8) is 0 Å². The van der Waals surface area contributed by atoms with Gasteiger partial charge in [-0.25, -0.2) is 0 Å². The van der Waals surface area contributed by atoms with Gasteiger partial charge in [0, 0.05) is 12.1 Å². The molecule has 2 aliphatic heterocycles. The van der Waals surface area contributed by atoms with Crippen LogP contribution in [0.5, 0.6) is 0 Å². The Bertz CT molecular complexity index is 883. The third-order valence-corrected chi connectivity index (χ3v) is 6.16. The second kappa shape index (κ2) is 7.21. The van der Waals surface area contributed by atoms with Gasteiger partial charge in [0.05, 0.1) is 11.8 Å². The number of hydrogen-bond donors (Lipinski definition) is 1. The minimum atomic E-state index is -0.186. The maximum absolute atomic E-state index is 12.6. The summed E-state index contributed by atoms with van der Waals surface area (Å²) in [6.07, 6.45) is 1.85. The Morgan fingerprint density at radius 1 is 1.08 bits per heavy atom. The molecule has 2 heterocycles. The Morgan fingerprint density at radius 2 is 1.88 bits per heavy atom. The standard InChI is InChI=1S/C20H18N2O2S2/c23-18-10-9-15-14(11-17-19(24)21-20(25)26-17)7-4-8-16(15)22(18)12-13-5-2-1-3-6-13/h1-8,17H,9-12H2,(H,21,24,25). The highest BCUT2D eigenvalue weighted by Crippen LogP contribution is 2.34.